The number of ketones is 1. The van der Waals surface area contributed by atoms with Crippen molar-refractivity contribution in [3.63, 3.8) is 0 Å². The number of nitrogens with zero attached hydrogens (tertiary/aromatic N) is 1. The molecule has 0 aromatic heterocycles. The predicted molar refractivity (Wildman–Crippen MR) is 91.2 cm³/mol. The quantitative estimate of drug-likeness (QED) is 0.749. The van der Waals surface area contributed by atoms with E-state index in [4.69, 9.17) is 5.26 Å². The average Bonchev–Trinajstić information content (AvgIpc) is 3.06. The summed E-state index contributed by atoms with van der Waals surface area (Å²) in [6, 6.07) is 19.6. The first kappa shape index (κ1) is 15.5. The Kier molecular flexibility index (Phi) is 4.57. The summed E-state index contributed by atoms with van der Waals surface area (Å²) < 4.78 is 0. The summed E-state index contributed by atoms with van der Waals surface area (Å²) in [4.78, 5) is 13.0. The third kappa shape index (κ3) is 3.05. The first-order chi connectivity index (χ1) is 11.2. The van der Waals surface area contributed by atoms with Crippen LogP contribution >= 0.6 is 0 Å². The number of carbonyl (C=O) groups excluding carboxylic acids is 1. The third-order valence-electron chi connectivity index (χ3n) is 5.13. The lowest BCUT2D eigenvalue weighted by Gasteiger charge is -2.24. The van der Waals surface area contributed by atoms with Crippen molar-refractivity contribution in [2.45, 2.75) is 32.1 Å². The van der Waals surface area contributed by atoms with Gasteiger partial charge in [-0.1, -0.05) is 55.8 Å². The lowest BCUT2D eigenvalue weighted by atomic mass is 9.79. The van der Waals surface area contributed by atoms with E-state index < -0.39 is 0 Å². The highest BCUT2D eigenvalue weighted by atomic mass is 16.1. The monoisotopic (exact) mass is 303 g/mol. The highest BCUT2D eigenvalue weighted by Gasteiger charge is 2.40. The van der Waals surface area contributed by atoms with Gasteiger partial charge >= 0.3 is 0 Å². The highest BCUT2D eigenvalue weighted by Crippen LogP contribution is 2.46. The molecule has 0 radical (unpaired) electrons. The molecule has 1 aliphatic rings. The lowest BCUT2D eigenvalue weighted by Crippen LogP contribution is -2.21. The number of rotatable bonds is 4. The molecule has 0 heterocycles. The molecule has 1 saturated carbocycles. The van der Waals surface area contributed by atoms with Crippen molar-refractivity contribution < 1.29 is 4.79 Å². The van der Waals surface area contributed by atoms with Gasteiger partial charge in [0.2, 0.25) is 0 Å². The summed E-state index contributed by atoms with van der Waals surface area (Å²) >= 11 is 0. The number of hydrogen-bond donors (Lipinski definition) is 0. The fourth-order valence-corrected chi connectivity index (χ4v) is 3.94. The largest absolute Gasteiger partial charge is 0.294 e. The van der Waals surface area contributed by atoms with Crippen LogP contribution in [0.2, 0.25) is 0 Å². The Morgan fingerprint density at radius 1 is 1.09 bits per heavy atom. The maximum absolute atomic E-state index is 13.0. The summed E-state index contributed by atoms with van der Waals surface area (Å²) in [5.41, 5.74) is 2.61. The van der Waals surface area contributed by atoms with E-state index in [9.17, 15) is 4.79 Å². The van der Waals surface area contributed by atoms with Crippen LogP contribution in [0.3, 0.4) is 0 Å². The Morgan fingerprint density at radius 3 is 2.39 bits per heavy atom. The summed E-state index contributed by atoms with van der Waals surface area (Å²) in [6.07, 6.45) is 3.18. The smallest absolute Gasteiger partial charge is 0.166 e. The van der Waals surface area contributed by atoms with Crippen LogP contribution in [-0.2, 0) is 0 Å². The Balaban J connectivity index is 1.90. The molecule has 0 bridgehead atoms. The van der Waals surface area contributed by atoms with Crippen LogP contribution in [0.15, 0.2) is 54.6 Å². The van der Waals surface area contributed by atoms with Crippen LogP contribution in [0.5, 0.6) is 0 Å². The van der Waals surface area contributed by atoms with Gasteiger partial charge in [0, 0.05) is 11.5 Å². The molecular weight excluding hydrogens is 282 g/mol. The van der Waals surface area contributed by atoms with E-state index >= 15 is 0 Å². The van der Waals surface area contributed by atoms with Gasteiger partial charge in [-0.25, -0.2) is 0 Å². The molecule has 3 unspecified atom stereocenters. The fraction of sp³-hybridized carbons (Fsp3) is 0.333. The van der Waals surface area contributed by atoms with Gasteiger partial charge in [0.1, 0.15) is 0 Å². The number of Topliss-reactive ketones (excluding diaryl/α,β-unsaturated/α-hetero) is 1. The van der Waals surface area contributed by atoms with Crippen molar-refractivity contribution >= 4 is 5.78 Å². The molecule has 0 spiro atoms. The summed E-state index contributed by atoms with van der Waals surface area (Å²) in [5.74, 6) is 1.16. The molecule has 1 fully saturated rings. The number of benzene rings is 2. The van der Waals surface area contributed by atoms with Gasteiger partial charge in [-0.2, -0.15) is 5.26 Å². The van der Waals surface area contributed by atoms with Gasteiger partial charge in [0.15, 0.2) is 5.78 Å². The van der Waals surface area contributed by atoms with Crippen molar-refractivity contribution in [1.82, 2.24) is 0 Å². The average molecular weight is 303 g/mol. The van der Waals surface area contributed by atoms with E-state index in [1.54, 1.807) is 24.3 Å². The normalized spacial score (nSPS) is 23.4. The molecular formula is C21H21NO. The maximum atomic E-state index is 13.0. The van der Waals surface area contributed by atoms with Gasteiger partial charge in [-0.3, -0.25) is 4.79 Å². The molecule has 3 atom stereocenters. The molecule has 2 aromatic rings. The number of hydrogen-bond acceptors (Lipinski definition) is 2. The van der Waals surface area contributed by atoms with E-state index in [-0.39, 0.29) is 11.7 Å². The van der Waals surface area contributed by atoms with Gasteiger partial charge in [-0.15, -0.1) is 0 Å². The molecule has 0 aliphatic heterocycles. The standard InChI is InChI=1S/C21H21NO/c1-2-16-12-13-19(20(16)17-6-4-3-5-7-17)21(23)18-10-8-15(14-22)9-11-18/h3-11,16,19-20H,2,12-13H2,1H3. The Bertz CT molecular complexity index is 712. The Morgan fingerprint density at radius 2 is 1.78 bits per heavy atom. The van der Waals surface area contributed by atoms with Crippen molar-refractivity contribution in [3.8, 4) is 6.07 Å². The molecule has 2 nitrogen and oxygen atoms in total. The molecule has 23 heavy (non-hydrogen) atoms. The molecule has 0 amide bonds. The van der Waals surface area contributed by atoms with Gasteiger partial charge < -0.3 is 0 Å². The summed E-state index contributed by atoms with van der Waals surface area (Å²) in [5, 5.41) is 8.90. The highest BCUT2D eigenvalue weighted by molar-refractivity contribution is 5.98. The van der Waals surface area contributed by atoms with Crippen molar-refractivity contribution in [1.29, 1.82) is 5.26 Å². The SMILES string of the molecule is CCC1CCC(C(=O)c2ccc(C#N)cc2)C1c1ccccc1. The van der Waals surface area contributed by atoms with Crippen LogP contribution in [-0.4, -0.2) is 5.78 Å². The zero-order valence-electron chi connectivity index (χ0n) is 13.4. The van der Waals surface area contributed by atoms with E-state index in [1.165, 1.54) is 5.56 Å². The Hall–Kier alpha value is -2.40. The van der Waals surface area contributed by atoms with Crippen LogP contribution in [0.1, 0.15) is 53.6 Å². The predicted octanol–water partition coefficient (Wildman–Crippen LogP) is 4.96. The minimum absolute atomic E-state index is 0.0512. The van der Waals surface area contributed by atoms with E-state index in [0.29, 0.717) is 17.4 Å². The van der Waals surface area contributed by atoms with Gasteiger partial charge in [-0.05, 0) is 42.4 Å². The molecule has 2 aromatic carbocycles. The second kappa shape index (κ2) is 6.79. The van der Waals surface area contributed by atoms with Gasteiger partial charge in [0.25, 0.3) is 0 Å². The molecule has 0 saturated heterocycles. The second-order valence-electron chi connectivity index (χ2n) is 6.34. The molecule has 3 rings (SSSR count). The zero-order chi connectivity index (χ0) is 16.2. The fourth-order valence-electron chi connectivity index (χ4n) is 3.94. The third-order valence-corrected chi connectivity index (χ3v) is 5.13. The minimum Gasteiger partial charge on any atom is -0.294 e. The van der Waals surface area contributed by atoms with Crippen molar-refractivity contribution in [3.05, 3.63) is 71.3 Å². The van der Waals surface area contributed by atoms with Crippen molar-refractivity contribution in [2.75, 3.05) is 0 Å². The van der Waals surface area contributed by atoms with E-state index in [2.05, 4.69) is 37.3 Å². The van der Waals surface area contributed by atoms with Crippen LogP contribution < -0.4 is 0 Å². The summed E-state index contributed by atoms with van der Waals surface area (Å²) in [6.45, 7) is 2.22. The van der Waals surface area contributed by atoms with Gasteiger partial charge in [0.05, 0.1) is 11.6 Å². The summed E-state index contributed by atoms with van der Waals surface area (Å²) in [7, 11) is 0. The molecule has 116 valence electrons. The first-order valence-corrected chi connectivity index (χ1v) is 8.34. The minimum atomic E-state index is 0.0512. The van der Waals surface area contributed by atoms with E-state index in [0.717, 1.165) is 24.8 Å². The molecule has 0 N–H and O–H groups in total. The maximum Gasteiger partial charge on any atom is 0.166 e. The van der Waals surface area contributed by atoms with E-state index in [1.807, 2.05) is 6.07 Å². The zero-order valence-corrected chi connectivity index (χ0v) is 13.4. The van der Waals surface area contributed by atoms with Crippen LogP contribution in [0.25, 0.3) is 0 Å². The number of carbonyl (C=O) groups is 1. The van der Waals surface area contributed by atoms with Crippen molar-refractivity contribution in [2.24, 2.45) is 11.8 Å². The molecule has 1 aliphatic carbocycles. The number of nitriles is 1. The lowest BCUT2D eigenvalue weighted by molar-refractivity contribution is 0.0906. The Labute approximate surface area is 137 Å². The van der Waals surface area contributed by atoms with Crippen LogP contribution in [0.4, 0.5) is 0 Å². The van der Waals surface area contributed by atoms with Crippen LogP contribution in [0, 0.1) is 23.2 Å². The topological polar surface area (TPSA) is 40.9 Å². The molecule has 2 heteroatoms. The first-order valence-electron chi connectivity index (χ1n) is 8.34. The second-order valence-corrected chi connectivity index (χ2v) is 6.34.